The molecular formula is C23H26N6O3S. The van der Waals surface area contributed by atoms with Crippen molar-refractivity contribution in [3.8, 4) is 0 Å². The van der Waals surface area contributed by atoms with Crippen LogP contribution in [0.3, 0.4) is 0 Å². The Bertz CT molecular complexity index is 1250. The summed E-state index contributed by atoms with van der Waals surface area (Å²) in [6.07, 6.45) is 5.27. The molecule has 1 aromatic carbocycles. The number of rotatable bonds is 6. The molecule has 0 spiro atoms. The third kappa shape index (κ3) is 4.90. The summed E-state index contributed by atoms with van der Waals surface area (Å²) >= 11 is 1.27. The molecule has 2 amide bonds. The van der Waals surface area contributed by atoms with Gasteiger partial charge < -0.3 is 15.5 Å². The third-order valence-electron chi connectivity index (χ3n) is 6.01. The molecule has 3 aromatic rings. The van der Waals surface area contributed by atoms with Gasteiger partial charge in [0.2, 0.25) is 11.8 Å². The number of fused-ring (bicyclic) bond motifs is 1. The first-order chi connectivity index (χ1) is 16.0. The highest BCUT2D eigenvalue weighted by atomic mass is 32.1. The highest BCUT2D eigenvalue weighted by Crippen LogP contribution is 2.30. The zero-order valence-electron chi connectivity index (χ0n) is 18.4. The van der Waals surface area contributed by atoms with Crippen LogP contribution in [0.15, 0.2) is 35.4 Å². The van der Waals surface area contributed by atoms with Gasteiger partial charge in [-0.15, -0.1) is 0 Å². The van der Waals surface area contributed by atoms with Crippen molar-refractivity contribution < 1.29 is 9.59 Å². The van der Waals surface area contributed by atoms with E-state index in [1.54, 1.807) is 0 Å². The maximum atomic E-state index is 13.0. The molecule has 0 unspecified atom stereocenters. The molecule has 0 bridgehead atoms. The smallest absolute Gasteiger partial charge is 0.273 e. The zero-order chi connectivity index (χ0) is 22.9. The molecule has 10 heteroatoms. The molecule has 3 heterocycles. The van der Waals surface area contributed by atoms with E-state index in [-0.39, 0.29) is 29.8 Å². The number of carbonyl (C=O) groups excluding carboxylic acids is 2. The van der Waals surface area contributed by atoms with Crippen LogP contribution in [0.4, 0.5) is 10.8 Å². The molecule has 33 heavy (non-hydrogen) atoms. The minimum Gasteiger partial charge on any atom is -0.353 e. The van der Waals surface area contributed by atoms with E-state index < -0.39 is 0 Å². The summed E-state index contributed by atoms with van der Waals surface area (Å²) in [6, 6.07) is 7.82. The molecule has 2 aliphatic rings. The predicted molar refractivity (Wildman–Crippen MR) is 128 cm³/mol. The SMILES string of the molecule is Cc1ccc(NC(=O)Cn2cnc3nc(N4CCC[C@@H](C(=O)NC5CC5)C4)sc3c2=O)cc1. The standard InChI is InChI=1S/C23H26N6O3S/c1-14-4-6-16(7-5-14)25-18(30)12-29-13-24-20-19(22(29)32)33-23(27-20)28-10-2-3-15(11-28)21(31)26-17-8-9-17/h4-7,13,15,17H,2-3,8-12H2,1H3,(H,25,30)(H,26,31)/t15-/m1/s1. The summed E-state index contributed by atoms with van der Waals surface area (Å²) in [4.78, 5) is 48.8. The van der Waals surface area contributed by atoms with Gasteiger partial charge in [-0.25, -0.2) is 4.98 Å². The zero-order valence-corrected chi connectivity index (χ0v) is 19.2. The molecular weight excluding hydrogens is 440 g/mol. The van der Waals surface area contributed by atoms with Crippen LogP contribution in [0, 0.1) is 12.8 Å². The Hall–Kier alpha value is -3.27. The Labute approximate surface area is 194 Å². The lowest BCUT2D eigenvalue weighted by Crippen LogP contribution is -2.43. The van der Waals surface area contributed by atoms with E-state index in [9.17, 15) is 14.4 Å². The van der Waals surface area contributed by atoms with E-state index in [1.165, 1.54) is 22.2 Å². The van der Waals surface area contributed by atoms with Gasteiger partial charge in [0.1, 0.15) is 17.6 Å². The van der Waals surface area contributed by atoms with Gasteiger partial charge in [-0.1, -0.05) is 29.0 Å². The largest absolute Gasteiger partial charge is 0.353 e. The number of benzene rings is 1. The molecule has 1 saturated carbocycles. The van der Waals surface area contributed by atoms with Gasteiger partial charge >= 0.3 is 0 Å². The molecule has 5 rings (SSSR count). The van der Waals surface area contributed by atoms with Crippen molar-refractivity contribution in [2.24, 2.45) is 5.92 Å². The number of aromatic nitrogens is 3. The lowest BCUT2D eigenvalue weighted by Gasteiger charge is -2.31. The number of anilines is 2. The van der Waals surface area contributed by atoms with Gasteiger partial charge in [-0.3, -0.25) is 19.0 Å². The Morgan fingerprint density at radius 2 is 1.97 bits per heavy atom. The van der Waals surface area contributed by atoms with Crippen molar-refractivity contribution in [1.29, 1.82) is 0 Å². The second-order valence-electron chi connectivity index (χ2n) is 8.81. The third-order valence-corrected chi connectivity index (χ3v) is 7.10. The number of nitrogens with zero attached hydrogens (tertiary/aromatic N) is 4. The van der Waals surface area contributed by atoms with Crippen molar-refractivity contribution in [3.63, 3.8) is 0 Å². The number of thiazole rings is 1. The number of aryl methyl sites for hydroxylation is 1. The quantitative estimate of drug-likeness (QED) is 0.577. The summed E-state index contributed by atoms with van der Waals surface area (Å²) in [6.45, 7) is 3.23. The second-order valence-corrected chi connectivity index (χ2v) is 9.79. The van der Waals surface area contributed by atoms with Gasteiger partial charge in [0.25, 0.3) is 5.56 Å². The molecule has 0 radical (unpaired) electrons. The maximum Gasteiger partial charge on any atom is 0.273 e. The molecule has 2 aromatic heterocycles. The van der Waals surface area contributed by atoms with Crippen molar-refractivity contribution in [3.05, 3.63) is 46.5 Å². The normalized spacial score (nSPS) is 18.3. The van der Waals surface area contributed by atoms with Crippen molar-refractivity contribution in [2.75, 3.05) is 23.3 Å². The summed E-state index contributed by atoms with van der Waals surface area (Å²) < 4.78 is 1.72. The highest BCUT2D eigenvalue weighted by Gasteiger charge is 2.31. The topological polar surface area (TPSA) is 109 Å². The van der Waals surface area contributed by atoms with Crippen LogP contribution >= 0.6 is 11.3 Å². The van der Waals surface area contributed by atoms with E-state index in [0.717, 1.165) is 37.8 Å². The molecule has 2 fully saturated rings. The number of amides is 2. The fourth-order valence-corrected chi connectivity index (χ4v) is 4.99. The van der Waals surface area contributed by atoms with Gasteiger partial charge in [0.05, 0.1) is 5.92 Å². The van der Waals surface area contributed by atoms with Crippen LogP contribution in [0.25, 0.3) is 10.3 Å². The van der Waals surface area contributed by atoms with Gasteiger partial charge in [0, 0.05) is 24.8 Å². The predicted octanol–water partition coefficient (Wildman–Crippen LogP) is 2.30. The van der Waals surface area contributed by atoms with E-state index in [2.05, 4.69) is 25.5 Å². The van der Waals surface area contributed by atoms with E-state index in [4.69, 9.17) is 0 Å². The minimum atomic E-state index is -0.299. The van der Waals surface area contributed by atoms with Gasteiger partial charge in [-0.2, -0.15) is 4.98 Å². The number of hydrogen-bond donors (Lipinski definition) is 2. The minimum absolute atomic E-state index is 0.0681. The maximum absolute atomic E-state index is 13.0. The summed E-state index contributed by atoms with van der Waals surface area (Å²) in [5.41, 5.74) is 1.86. The van der Waals surface area contributed by atoms with E-state index >= 15 is 0 Å². The van der Waals surface area contributed by atoms with Crippen LogP contribution in [0.2, 0.25) is 0 Å². The van der Waals surface area contributed by atoms with E-state index in [1.807, 2.05) is 31.2 Å². The molecule has 1 saturated heterocycles. The summed E-state index contributed by atoms with van der Waals surface area (Å²) in [5, 5.41) is 6.58. The van der Waals surface area contributed by atoms with Crippen LogP contribution in [-0.2, 0) is 16.1 Å². The van der Waals surface area contributed by atoms with E-state index in [0.29, 0.717) is 33.8 Å². The van der Waals surface area contributed by atoms with Gasteiger partial charge in [-0.05, 0) is 44.7 Å². The average molecular weight is 467 g/mol. The fourth-order valence-electron chi connectivity index (χ4n) is 3.99. The van der Waals surface area contributed by atoms with Gasteiger partial charge in [0.15, 0.2) is 10.8 Å². The highest BCUT2D eigenvalue weighted by molar-refractivity contribution is 7.22. The first kappa shape index (κ1) is 21.6. The van der Waals surface area contributed by atoms with Crippen molar-refractivity contribution in [2.45, 2.75) is 45.2 Å². The molecule has 1 aliphatic carbocycles. The Balaban J connectivity index is 1.29. The number of hydrogen-bond acceptors (Lipinski definition) is 7. The lowest BCUT2D eigenvalue weighted by molar-refractivity contribution is -0.125. The number of carbonyl (C=O) groups is 2. The number of nitrogens with one attached hydrogen (secondary N) is 2. The lowest BCUT2D eigenvalue weighted by atomic mass is 9.97. The summed E-state index contributed by atoms with van der Waals surface area (Å²) in [5.74, 6) is -0.253. The first-order valence-corrected chi connectivity index (χ1v) is 12.1. The van der Waals surface area contributed by atoms with Crippen molar-refractivity contribution in [1.82, 2.24) is 19.9 Å². The van der Waals surface area contributed by atoms with Crippen LogP contribution in [0.1, 0.15) is 31.2 Å². The second kappa shape index (κ2) is 8.93. The summed E-state index contributed by atoms with van der Waals surface area (Å²) in [7, 11) is 0. The molecule has 1 aliphatic heterocycles. The Kier molecular flexibility index (Phi) is 5.84. The Morgan fingerprint density at radius 1 is 1.18 bits per heavy atom. The van der Waals surface area contributed by atoms with Crippen LogP contribution < -0.4 is 21.1 Å². The van der Waals surface area contributed by atoms with Crippen molar-refractivity contribution >= 4 is 44.3 Å². The molecule has 1 atom stereocenters. The van der Waals surface area contributed by atoms with Crippen LogP contribution in [-0.4, -0.2) is 45.5 Å². The first-order valence-electron chi connectivity index (χ1n) is 11.2. The Morgan fingerprint density at radius 3 is 2.73 bits per heavy atom. The molecule has 172 valence electrons. The molecule has 2 N–H and O–H groups in total. The average Bonchev–Trinajstić information content (AvgIpc) is 3.51. The molecule has 9 nitrogen and oxygen atoms in total. The fraction of sp³-hybridized carbons (Fsp3) is 0.435. The monoisotopic (exact) mass is 466 g/mol. The van der Waals surface area contributed by atoms with Crippen LogP contribution in [0.5, 0.6) is 0 Å². The number of piperidine rings is 1.